The molecule has 17 heteroatoms. The Kier molecular flexibility index (Phi) is 14.0. The summed E-state index contributed by atoms with van der Waals surface area (Å²) in [7, 11) is 0. The predicted molar refractivity (Wildman–Crippen MR) is 185 cm³/mol. The Hall–Kier alpha value is -6.26. The molecular formula is C35H41N5O12. The van der Waals surface area contributed by atoms with E-state index >= 15 is 0 Å². The van der Waals surface area contributed by atoms with E-state index in [2.05, 4.69) is 26.6 Å². The van der Waals surface area contributed by atoms with Gasteiger partial charge in [0.05, 0.1) is 12.8 Å². The van der Waals surface area contributed by atoms with E-state index in [0.717, 1.165) is 0 Å². The zero-order chi connectivity index (χ0) is 38.7. The van der Waals surface area contributed by atoms with Crippen LogP contribution in [0.2, 0.25) is 0 Å². The lowest BCUT2D eigenvalue weighted by atomic mass is 10.0. The molecule has 0 spiro atoms. The molecule has 3 aromatic rings. The number of anilines is 1. The molecule has 4 atom stereocenters. The van der Waals surface area contributed by atoms with Gasteiger partial charge in [0.1, 0.15) is 35.5 Å². The van der Waals surface area contributed by atoms with Crippen molar-refractivity contribution in [2.24, 2.45) is 5.92 Å². The number of aromatic hydroxyl groups is 1. The van der Waals surface area contributed by atoms with Crippen molar-refractivity contribution in [3.05, 3.63) is 70.1 Å². The van der Waals surface area contributed by atoms with Crippen molar-refractivity contribution in [3.8, 4) is 5.75 Å². The molecule has 17 nitrogen and oxygen atoms in total. The minimum absolute atomic E-state index is 0.0304. The number of fused-ring (bicyclic) bond motifs is 1. The molecule has 8 N–H and O–H groups in total. The van der Waals surface area contributed by atoms with Gasteiger partial charge in [0, 0.05) is 30.0 Å². The van der Waals surface area contributed by atoms with Crippen LogP contribution >= 0.6 is 0 Å². The third-order valence-corrected chi connectivity index (χ3v) is 7.82. The van der Waals surface area contributed by atoms with Crippen LogP contribution in [-0.4, -0.2) is 81.0 Å². The van der Waals surface area contributed by atoms with E-state index in [1.54, 1.807) is 20.8 Å². The van der Waals surface area contributed by atoms with Gasteiger partial charge in [-0.2, -0.15) is 0 Å². The molecule has 3 rings (SSSR count). The van der Waals surface area contributed by atoms with Gasteiger partial charge in [-0.3, -0.25) is 33.6 Å². The molecule has 0 saturated carbocycles. The number of carbonyl (C=O) groups is 7. The Bertz CT molecular complexity index is 1890. The number of phenols is 1. The molecule has 5 amide bonds. The first-order chi connectivity index (χ1) is 24.4. The summed E-state index contributed by atoms with van der Waals surface area (Å²) in [6.07, 6.45) is -1.75. The Morgan fingerprint density at radius 3 is 2.02 bits per heavy atom. The van der Waals surface area contributed by atoms with E-state index in [1.807, 2.05) is 0 Å². The molecule has 0 saturated heterocycles. The minimum Gasteiger partial charge on any atom is -0.508 e. The van der Waals surface area contributed by atoms with Crippen LogP contribution in [0, 0.1) is 12.8 Å². The molecule has 0 aliphatic rings. The number of carbonyl (C=O) groups excluding carboxylic acids is 5. The maximum atomic E-state index is 13.4. The Morgan fingerprint density at radius 2 is 1.40 bits per heavy atom. The van der Waals surface area contributed by atoms with Crippen LogP contribution in [0.1, 0.15) is 51.2 Å². The number of rotatable bonds is 17. The molecule has 1 aromatic heterocycles. The predicted octanol–water partition coefficient (Wildman–Crippen LogP) is 0.943. The average Bonchev–Trinajstić information content (AvgIpc) is 3.06. The van der Waals surface area contributed by atoms with E-state index < -0.39 is 96.4 Å². The number of carboxylic acids is 2. The fourth-order valence-electron chi connectivity index (χ4n) is 5.03. The van der Waals surface area contributed by atoms with Gasteiger partial charge in [0.25, 0.3) is 0 Å². The molecule has 278 valence electrons. The first kappa shape index (κ1) is 40.2. The fraction of sp³-hybridized carbons (Fsp3) is 0.371. The first-order valence-corrected chi connectivity index (χ1v) is 16.2. The number of carboxylic acid groups (broad SMARTS) is 2. The van der Waals surface area contributed by atoms with Gasteiger partial charge >= 0.3 is 17.6 Å². The number of aliphatic carboxylic acids is 2. The van der Waals surface area contributed by atoms with Crippen molar-refractivity contribution in [3.63, 3.8) is 0 Å². The summed E-state index contributed by atoms with van der Waals surface area (Å²) in [6, 6.07) is 6.10. The minimum atomic E-state index is -1.57. The van der Waals surface area contributed by atoms with Crippen molar-refractivity contribution < 1.29 is 53.3 Å². The lowest BCUT2D eigenvalue weighted by Crippen LogP contribution is -2.59. The summed E-state index contributed by atoms with van der Waals surface area (Å²) in [4.78, 5) is 99.7. The molecular weight excluding hydrogens is 682 g/mol. The van der Waals surface area contributed by atoms with E-state index in [1.165, 1.54) is 55.5 Å². The summed E-state index contributed by atoms with van der Waals surface area (Å²) in [5.74, 6) is -7.27. The van der Waals surface area contributed by atoms with Crippen LogP contribution in [0.3, 0.4) is 0 Å². The second-order valence-electron chi connectivity index (χ2n) is 12.5. The topological polar surface area (TPSA) is 271 Å². The van der Waals surface area contributed by atoms with Gasteiger partial charge < -0.3 is 46.3 Å². The number of hydrogen-bond donors (Lipinski definition) is 8. The van der Waals surface area contributed by atoms with Crippen LogP contribution in [0.25, 0.3) is 11.0 Å². The Morgan fingerprint density at radius 1 is 0.731 bits per heavy atom. The molecule has 2 aromatic carbocycles. The molecule has 0 unspecified atom stereocenters. The monoisotopic (exact) mass is 723 g/mol. The lowest BCUT2D eigenvalue weighted by molar-refractivity contribution is -0.140. The van der Waals surface area contributed by atoms with Gasteiger partial charge in [-0.1, -0.05) is 26.0 Å². The number of phenolic OH excluding ortho intramolecular Hbond substituents is 1. The zero-order valence-electron chi connectivity index (χ0n) is 28.8. The highest BCUT2D eigenvalue weighted by atomic mass is 16.4. The standard InChI is InChI=1S/C35H41N5O12/c1-17(2)31(40-34(50)24(38-27(42)11-12-28(43)44)14-20-5-8-22(41)9-6-20)35(51)36-19(4)32(48)39-25(16-29(45)46)33(49)37-21-7-10-26-23(15-21)18(3)13-30(47)52-26/h5-10,13,15,17,19,24-25,31,41H,11-12,14,16H2,1-4H3,(H,36,51)(H,37,49)(H,38,42)(H,39,48)(H,40,50)(H,43,44)(H,45,46)/t19-,24+,25-,31-/m0/s1. The highest BCUT2D eigenvalue weighted by Gasteiger charge is 2.32. The summed E-state index contributed by atoms with van der Waals surface area (Å²) >= 11 is 0. The smallest absolute Gasteiger partial charge is 0.336 e. The summed E-state index contributed by atoms with van der Waals surface area (Å²) in [5.41, 5.74) is 1.07. The molecule has 0 bridgehead atoms. The van der Waals surface area contributed by atoms with Crippen molar-refractivity contribution in [2.75, 3.05) is 5.32 Å². The molecule has 0 fully saturated rings. The van der Waals surface area contributed by atoms with Crippen molar-refractivity contribution >= 4 is 58.1 Å². The van der Waals surface area contributed by atoms with Gasteiger partial charge in [-0.25, -0.2) is 4.79 Å². The number of benzene rings is 2. The van der Waals surface area contributed by atoms with Crippen molar-refractivity contribution in [2.45, 2.75) is 77.5 Å². The quantitative estimate of drug-likeness (QED) is 0.0905. The Balaban J connectivity index is 1.70. The number of hydrogen-bond acceptors (Lipinski definition) is 10. The molecule has 1 heterocycles. The molecule has 0 radical (unpaired) electrons. The molecule has 52 heavy (non-hydrogen) atoms. The average molecular weight is 724 g/mol. The van der Waals surface area contributed by atoms with Crippen LogP contribution in [0.5, 0.6) is 5.75 Å². The number of nitrogens with one attached hydrogen (secondary N) is 5. The fourth-order valence-corrected chi connectivity index (χ4v) is 5.03. The second-order valence-corrected chi connectivity index (χ2v) is 12.5. The van der Waals surface area contributed by atoms with Crippen LogP contribution in [0.15, 0.2) is 57.7 Å². The van der Waals surface area contributed by atoms with Crippen LogP contribution in [-0.2, 0) is 40.0 Å². The SMILES string of the molecule is Cc1cc(=O)oc2ccc(NC(=O)[C@H](CC(=O)O)NC(=O)[C@H](C)NC(=O)[C@@H](NC(=O)[C@@H](Cc3ccc(O)cc3)NC(=O)CCC(=O)O)C(C)C)cc12. The molecule has 0 aliphatic carbocycles. The Labute approximate surface area is 297 Å². The van der Waals surface area contributed by atoms with Gasteiger partial charge in [0.2, 0.25) is 29.5 Å². The maximum absolute atomic E-state index is 13.4. The number of amides is 5. The van der Waals surface area contributed by atoms with E-state index in [-0.39, 0.29) is 23.4 Å². The second kappa shape index (κ2) is 18.1. The molecule has 0 aliphatic heterocycles. The van der Waals surface area contributed by atoms with Crippen LogP contribution in [0.4, 0.5) is 5.69 Å². The van der Waals surface area contributed by atoms with E-state index in [4.69, 9.17) is 9.52 Å². The summed E-state index contributed by atoms with van der Waals surface area (Å²) in [6.45, 7) is 6.19. The summed E-state index contributed by atoms with van der Waals surface area (Å²) < 4.78 is 5.13. The zero-order valence-corrected chi connectivity index (χ0v) is 28.8. The highest BCUT2D eigenvalue weighted by Crippen LogP contribution is 2.21. The van der Waals surface area contributed by atoms with Crippen molar-refractivity contribution in [1.29, 1.82) is 0 Å². The van der Waals surface area contributed by atoms with Crippen LogP contribution < -0.4 is 32.2 Å². The first-order valence-electron chi connectivity index (χ1n) is 16.2. The third kappa shape index (κ3) is 12.0. The highest BCUT2D eigenvalue weighted by molar-refractivity contribution is 6.01. The third-order valence-electron chi connectivity index (χ3n) is 7.82. The van der Waals surface area contributed by atoms with E-state index in [0.29, 0.717) is 16.5 Å². The van der Waals surface area contributed by atoms with Crippen molar-refractivity contribution in [1.82, 2.24) is 21.3 Å². The van der Waals surface area contributed by atoms with Gasteiger partial charge in [-0.15, -0.1) is 0 Å². The largest absolute Gasteiger partial charge is 0.508 e. The maximum Gasteiger partial charge on any atom is 0.336 e. The normalized spacial score (nSPS) is 13.2. The van der Waals surface area contributed by atoms with Gasteiger partial charge in [0.15, 0.2) is 0 Å². The number of aryl methyl sites for hydroxylation is 1. The van der Waals surface area contributed by atoms with Gasteiger partial charge in [-0.05, 0) is 61.2 Å². The lowest BCUT2D eigenvalue weighted by Gasteiger charge is -2.27. The van der Waals surface area contributed by atoms with E-state index in [9.17, 15) is 48.6 Å². The summed E-state index contributed by atoms with van der Waals surface area (Å²) in [5, 5.41) is 40.8.